The van der Waals surface area contributed by atoms with Gasteiger partial charge in [0.25, 0.3) is 0 Å². The minimum absolute atomic E-state index is 0.0885. The molecule has 1 aromatic heterocycles. The van der Waals surface area contributed by atoms with E-state index >= 15 is 0 Å². The van der Waals surface area contributed by atoms with E-state index in [1.54, 1.807) is 17.0 Å². The van der Waals surface area contributed by atoms with Gasteiger partial charge in [-0.05, 0) is 49.9 Å². The quantitative estimate of drug-likeness (QED) is 0.402. The third kappa shape index (κ3) is 5.27. The molecular weight excluding hydrogens is 496 g/mol. The molecule has 0 bridgehead atoms. The molecule has 34 heavy (non-hydrogen) atoms. The fourth-order valence-electron chi connectivity index (χ4n) is 3.39. The van der Waals surface area contributed by atoms with E-state index in [-0.39, 0.29) is 16.8 Å². The summed E-state index contributed by atoms with van der Waals surface area (Å²) in [5, 5.41) is 6.51. The lowest BCUT2D eigenvalue weighted by Gasteiger charge is -2.29. The fraction of sp³-hybridized carbons (Fsp3) is 0.227. The number of nitrogens with zero attached hydrogens (tertiary/aromatic N) is 3. The van der Waals surface area contributed by atoms with Gasteiger partial charge in [-0.2, -0.15) is 4.98 Å². The minimum atomic E-state index is -3.58. The molecule has 2 heterocycles. The predicted octanol–water partition coefficient (Wildman–Crippen LogP) is 4.37. The molecule has 12 heteroatoms. The first-order valence-electron chi connectivity index (χ1n) is 10.5. The molecule has 3 aromatic rings. The minimum Gasteiger partial charge on any atom is -0.339 e. The Balaban J connectivity index is 1.58. The summed E-state index contributed by atoms with van der Waals surface area (Å²) in [6, 6.07) is 12.1. The van der Waals surface area contributed by atoms with Crippen LogP contribution >= 0.6 is 23.4 Å². The van der Waals surface area contributed by atoms with Gasteiger partial charge in [0, 0.05) is 22.8 Å². The highest BCUT2D eigenvalue weighted by Crippen LogP contribution is 2.38. The van der Waals surface area contributed by atoms with Crippen LogP contribution in [0.2, 0.25) is 5.02 Å². The van der Waals surface area contributed by atoms with E-state index in [9.17, 15) is 13.2 Å². The number of aromatic nitrogens is 2. The maximum Gasteiger partial charge on any atom is 0.240 e. The fourth-order valence-corrected chi connectivity index (χ4v) is 5.22. The van der Waals surface area contributed by atoms with Crippen LogP contribution in [0.4, 0.5) is 28.8 Å². The van der Waals surface area contributed by atoms with Gasteiger partial charge in [-0.3, -0.25) is 4.79 Å². The molecule has 1 aliphatic heterocycles. The van der Waals surface area contributed by atoms with Gasteiger partial charge in [-0.15, -0.1) is 11.8 Å². The molecule has 0 atom stereocenters. The van der Waals surface area contributed by atoms with Gasteiger partial charge in [0.05, 0.1) is 22.5 Å². The second-order valence-electron chi connectivity index (χ2n) is 7.39. The molecule has 178 valence electrons. The Morgan fingerprint density at radius 2 is 1.94 bits per heavy atom. The van der Waals surface area contributed by atoms with Crippen molar-refractivity contribution < 1.29 is 13.2 Å². The van der Waals surface area contributed by atoms with Crippen LogP contribution in [-0.2, 0) is 14.8 Å². The van der Waals surface area contributed by atoms with Crippen molar-refractivity contribution >= 4 is 68.1 Å². The SMILES string of the molecule is CCCN1C(=O)CSc2ccc(Nc3nc(Nc4cccc(S(=O)(=O)NC)c4)ncc3Cl)cc21. The summed E-state index contributed by atoms with van der Waals surface area (Å²) in [4.78, 5) is 24.0. The predicted molar refractivity (Wildman–Crippen MR) is 136 cm³/mol. The first-order valence-corrected chi connectivity index (χ1v) is 13.3. The maximum absolute atomic E-state index is 12.4. The lowest BCUT2D eigenvalue weighted by atomic mass is 10.2. The number of hydrogen-bond donors (Lipinski definition) is 3. The molecular formula is C22H23ClN6O3S2. The van der Waals surface area contributed by atoms with E-state index < -0.39 is 10.0 Å². The van der Waals surface area contributed by atoms with E-state index in [4.69, 9.17) is 11.6 Å². The Morgan fingerprint density at radius 1 is 1.15 bits per heavy atom. The number of thioether (sulfide) groups is 1. The van der Waals surface area contributed by atoms with Crippen LogP contribution in [-0.4, -0.2) is 43.6 Å². The van der Waals surface area contributed by atoms with Crippen molar-refractivity contribution in [1.29, 1.82) is 0 Å². The second kappa shape index (κ2) is 10.2. The summed E-state index contributed by atoms with van der Waals surface area (Å²) in [5.41, 5.74) is 2.09. The number of fused-ring (bicyclic) bond motifs is 1. The van der Waals surface area contributed by atoms with Crippen LogP contribution in [0.3, 0.4) is 0 Å². The average Bonchev–Trinajstić information content (AvgIpc) is 2.83. The molecule has 1 aliphatic rings. The third-order valence-corrected chi connectivity index (χ3v) is 7.76. The third-order valence-electron chi connectivity index (χ3n) is 5.03. The Kier molecular flexibility index (Phi) is 7.27. The molecule has 3 N–H and O–H groups in total. The molecule has 0 saturated heterocycles. The topological polar surface area (TPSA) is 116 Å². The summed E-state index contributed by atoms with van der Waals surface area (Å²) < 4.78 is 26.4. The smallest absolute Gasteiger partial charge is 0.240 e. The molecule has 2 aromatic carbocycles. The van der Waals surface area contributed by atoms with E-state index in [2.05, 4.69) is 25.3 Å². The van der Waals surface area contributed by atoms with Crippen LogP contribution in [0, 0.1) is 0 Å². The highest BCUT2D eigenvalue weighted by molar-refractivity contribution is 8.00. The van der Waals surface area contributed by atoms with Gasteiger partial charge >= 0.3 is 0 Å². The number of halogens is 1. The Bertz CT molecular complexity index is 1340. The molecule has 0 saturated carbocycles. The molecule has 0 radical (unpaired) electrons. The van der Waals surface area contributed by atoms with Crippen LogP contribution in [0.5, 0.6) is 0 Å². The number of amides is 1. The lowest BCUT2D eigenvalue weighted by molar-refractivity contribution is -0.116. The second-order valence-corrected chi connectivity index (χ2v) is 10.7. The Morgan fingerprint density at radius 3 is 2.71 bits per heavy atom. The first kappa shape index (κ1) is 24.3. The van der Waals surface area contributed by atoms with Gasteiger partial charge in [0.1, 0.15) is 5.02 Å². The van der Waals surface area contributed by atoms with Crippen molar-refractivity contribution in [2.45, 2.75) is 23.1 Å². The maximum atomic E-state index is 12.4. The van der Waals surface area contributed by atoms with Crippen molar-refractivity contribution in [3.05, 3.63) is 53.7 Å². The van der Waals surface area contributed by atoms with Crippen LogP contribution in [0.25, 0.3) is 0 Å². The zero-order valence-electron chi connectivity index (χ0n) is 18.5. The summed E-state index contributed by atoms with van der Waals surface area (Å²) in [6.07, 6.45) is 2.31. The molecule has 0 aliphatic carbocycles. The zero-order valence-corrected chi connectivity index (χ0v) is 20.9. The number of carbonyl (C=O) groups excluding carboxylic acids is 1. The van der Waals surface area contributed by atoms with Gasteiger partial charge in [-0.25, -0.2) is 18.1 Å². The average molecular weight is 519 g/mol. The number of benzene rings is 2. The largest absolute Gasteiger partial charge is 0.339 e. The Labute approximate surface area is 207 Å². The highest BCUT2D eigenvalue weighted by Gasteiger charge is 2.24. The van der Waals surface area contributed by atoms with Gasteiger partial charge in [-0.1, -0.05) is 24.6 Å². The van der Waals surface area contributed by atoms with E-state index in [1.165, 1.54) is 37.1 Å². The van der Waals surface area contributed by atoms with E-state index in [0.29, 0.717) is 28.8 Å². The van der Waals surface area contributed by atoms with Crippen molar-refractivity contribution in [2.75, 3.05) is 34.9 Å². The molecule has 0 fully saturated rings. The van der Waals surface area contributed by atoms with Crippen molar-refractivity contribution in [3.63, 3.8) is 0 Å². The molecule has 1 amide bonds. The van der Waals surface area contributed by atoms with Crippen LogP contribution in [0.1, 0.15) is 13.3 Å². The number of carbonyl (C=O) groups is 1. The van der Waals surface area contributed by atoms with E-state index in [0.717, 1.165) is 22.7 Å². The number of rotatable bonds is 8. The van der Waals surface area contributed by atoms with Gasteiger partial charge in [0.15, 0.2) is 5.82 Å². The van der Waals surface area contributed by atoms with E-state index in [1.807, 2.05) is 25.1 Å². The summed E-state index contributed by atoms with van der Waals surface area (Å²) in [6.45, 7) is 2.69. The molecule has 0 unspecified atom stereocenters. The molecule has 9 nitrogen and oxygen atoms in total. The van der Waals surface area contributed by atoms with Gasteiger partial charge in [0.2, 0.25) is 21.9 Å². The van der Waals surface area contributed by atoms with Crippen molar-refractivity contribution in [3.8, 4) is 0 Å². The first-order chi connectivity index (χ1) is 16.3. The highest BCUT2D eigenvalue weighted by atomic mass is 35.5. The van der Waals surface area contributed by atoms with Gasteiger partial charge < -0.3 is 15.5 Å². The number of nitrogens with one attached hydrogen (secondary N) is 3. The lowest BCUT2D eigenvalue weighted by Crippen LogP contribution is -2.35. The van der Waals surface area contributed by atoms with Crippen molar-refractivity contribution in [2.24, 2.45) is 0 Å². The van der Waals surface area contributed by atoms with Crippen molar-refractivity contribution in [1.82, 2.24) is 14.7 Å². The number of sulfonamides is 1. The number of anilines is 5. The van der Waals surface area contributed by atoms with Crippen LogP contribution in [0.15, 0.2) is 58.5 Å². The summed E-state index contributed by atoms with van der Waals surface area (Å²) in [7, 11) is -2.23. The Hall–Kier alpha value is -2.86. The number of hydrogen-bond acceptors (Lipinski definition) is 8. The monoisotopic (exact) mass is 518 g/mol. The van der Waals surface area contributed by atoms with Crippen LogP contribution < -0.4 is 20.3 Å². The normalized spacial score (nSPS) is 13.5. The molecule has 4 rings (SSSR count). The standard InChI is InChI=1S/C22H23ClN6O3S2/c1-3-9-29-18-11-15(7-8-19(18)33-13-20(29)30)26-21-17(23)12-25-22(28-21)27-14-5-4-6-16(10-14)34(31,32)24-2/h4-8,10-12,24H,3,9,13H2,1-2H3,(H2,25,26,27,28). The summed E-state index contributed by atoms with van der Waals surface area (Å²) >= 11 is 7.85. The summed E-state index contributed by atoms with van der Waals surface area (Å²) in [5.74, 6) is 1.13. The zero-order chi connectivity index (χ0) is 24.3. The molecule has 0 spiro atoms.